The number of nitrogens with one attached hydrogen (secondary N) is 1. The third-order valence-corrected chi connectivity index (χ3v) is 3.13. The number of hydrogen-bond acceptors (Lipinski definition) is 2. The van der Waals surface area contributed by atoms with Crippen molar-refractivity contribution in [1.29, 1.82) is 0 Å². The van der Waals surface area contributed by atoms with Gasteiger partial charge in [-0.25, -0.2) is 0 Å². The predicted molar refractivity (Wildman–Crippen MR) is 48.8 cm³/mol. The molecule has 1 fully saturated rings. The molecule has 1 aliphatic heterocycles. The Morgan fingerprint density at radius 1 is 1.50 bits per heavy atom. The molecule has 1 heterocycles. The van der Waals surface area contributed by atoms with E-state index in [1.165, 1.54) is 19.3 Å². The maximum atomic E-state index is 9.14. The summed E-state index contributed by atoms with van der Waals surface area (Å²) in [6, 6.07) is 0.550. The van der Waals surface area contributed by atoms with Crippen LogP contribution < -0.4 is 5.32 Å². The van der Waals surface area contributed by atoms with Gasteiger partial charge >= 0.3 is 0 Å². The number of allylic oxidation sites excluding steroid dienone is 1. The third kappa shape index (κ3) is 1.41. The SMILES string of the molecule is OCC1C=CCC2CCCNC12. The minimum atomic E-state index is 0.296. The van der Waals surface area contributed by atoms with E-state index in [1.54, 1.807) is 0 Å². The van der Waals surface area contributed by atoms with E-state index >= 15 is 0 Å². The van der Waals surface area contributed by atoms with Gasteiger partial charge in [-0.15, -0.1) is 0 Å². The van der Waals surface area contributed by atoms with Crippen molar-refractivity contribution in [1.82, 2.24) is 5.32 Å². The molecular weight excluding hydrogens is 150 g/mol. The molecule has 68 valence electrons. The van der Waals surface area contributed by atoms with Crippen molar-refractivity contribution < 1.29 is 5.11 Å². The molecule has 0 spiro atoms. The van der Waals surface area contributed by atoms with Crippen LogP contribution in [-0.2, 0) is 0 Å². The minimum absolute atomic E-state index is 0.296. The third-order valence-electron chi connectivity index (χ3n) is 3.13. The fourth-order valence-electron chi connectivity index (χ4n) is 2.47. The molecule has 0 bridgehead atoms. The van der Waals surface area contributed by atoms with Crippen LogP contribution in [0.2, 0.25) is 0 Å². The van der Waals surface area contributed by atoms with Crippen LogP contribution in [0.5, 0.6) is 0 Å². The quantitative estimate of drug-likeness (QED) is 0.569. The van der Waals surface area contributed by atoms with Crippen molar-refractivity contribution in [2.24, 2.45) is 11.8 Å². The van der Waals surface area contributed by atoms with E-state index in [-0.39, 0.29) is 0 Å². The molecule has 2 rings (SSSR count). The van der Waals surface area contributed by atoms with Gasteiger partial charge in [0.05, 0.1) is 6.61 Å². The van der Waals surface area contributed by atoms with Crippen LogP contribution in [0.3, 0.4) is 0 Å². The summed E-state index contributed by atoms with van der Waals surface area (Å²) in [5, 5.41) is 12.6. The van der Waals surface area contributed by atoms with Crippen molar-refractivity contribution in [2.75, 3.05) is 13.2 Å². The maximum absolute atomic E-state index is 9.14. The molecule has 2 heteroatoms. The van der Waals surface area contributed by atoms with Gasteiger partial charge in [0.1, 0.15) is 0 Å². The first-order valence-corrected chi connectivity index (χ1v) is 4.92. The van der Waals surface area contributed by atoms with E-state index in [4.69, 9.17) is 5.11 Å². The Morgan fingerprint density at radius 2 is 2.42 bits per heavy atom. The summed E-state index contributed by atoms with van der Waals surface area (Å²) >= 11 is 0. The Labute approximate surface area is 73.7 Å². The van der Waals surface area contributed by atoms with E-state index in [0.29, 0.717) is 18.6 Å². The lowest BCUT2D eigenvalue weighted by Crippen LogP contribution is -2.48. The van der Waals surface area contributed by atoms with Gasteiger partial charge < -0.3 is 10.4 Å². The minimum Gasteiger partial charge on any atom is -0.396 e. The largest absolute Gasteiger partial charge is 0.396 e. The number of rotatable bonds is 1. The average molecular weight is 167 g/mol. The molecular formula is C10H17NO. The smallest absolute Gasteiger partial charge is 0.0508 e. The Bertz CT molecular complexity index is 179. The molecule has 0 radical (unpaired) electrons. The molecule has 1 saturated heterocycles. The van der Waals surface area contributed by atoms with Crippen LogP contribution in [-0.4, -0.2) is 24.3 Å². The summed E-state index contributed by atoms with van der Waals surface area (Å²) in [7, 11) is 0. The van der Waals surface area contributed by atoms with Crippen LogP contribution >= 0.6 is 0 Å². The molecule has 2 aliphatic rings. The van der Waals surface area contributed by atoms with E-state index in [2.05, 4.69) is 17.5 Å². The van der Waals surface area contributed by atoms with Crippen molar-refractivity contribution in [2.45, 2.75) is 25.3 Å². The summed E-state index contributed by atoms with van der Waals surface area (Å²) in [5.74, 6) is 1.14. The van der Waals surface area contributed by atoms with Crippen LogP contribution in [0.25, 0.3) is 0 Å². The highest BCUT2D eigenvalue weighted by Gasteiger charge is 2.31. The first kappa shape index (κ1) is 8.27. The number of piperidine rings is 1. The van der Waals surface area contributed by atoms with Crippen molar-refractivity contribution in [3.05, 3.63) is 12.2 Å². The lowest BCUT2D eigenvalue weighted by Gasteiger charge is -2.38. The Balaban J connectivity index is 2.07. The summed E-state index contributed by atoms with van der Waals surface area (Å²) in [5.41, 5.74) is 0. The number of fused-ring (bicyclic) bond motifs is 1. The second kappa shape index (κ2) is 3.58. The molecule has 2 nitrogen and oxygen atoms in total. The van der Waals surface area contributed by atoms with Crippen molar-refractivity contribution >= 4 is 0 Å². The van der Waals surface area contributed by atoms with Crippen molar-refractivity contribution in [3.8, 4) is 0 Å². The zero-order valence-electron chi connectivity index (χ0n) is 7.37. The number of hydrogen-bond donors (Lipinski definition) is 2. The van der Waals surface area contributed by atoms with Crippen LogP contribution in [0.4, 0.5) is 0 Å². The highest BCUT2D eigenvalue weighted by molar-refractivity contribution is 5.04. The van der Waals surface area contributed by atoms with Crippen LogP contribution in [0.1, 0.15) is 19.3 Å². The maximum Gasteiger partial charge on any atom is 0.0508 e. The summed E-state index contributed by atoms with van der Waals surface area (Å²) < 4.78 is 0. The second-order valence-electron chi connectivity index (χ2n) is 3.89. The van der Waals surface area contributed by atoms with Gasteiger partial charge in [-0.3, -0.25) is 0 Å². The number of aliphatic hydroxyl groups is 1. The number of aliphatic hydroxyl groups excluding tert-OH is 1. The van der Waals surface area contributed by atoms with E-state index in [1.807, 2.05) is 0 Å². The Hall–Kier alpha value is -0.340. The van der Waals surface area contributed by atoms with Gasteiger partial charge in [0.15, 0.2) is 0 Å². The van der Waals surface area contributed by atoms with Gasteiger partial charge in [0, 0.05) is 12.0 Å². The van der Waals surface area contributed by atoms with Crippen molar-refractivity contribution in [3.63, 3.8) is 0 Å². The van der Waals surface area contributed by atoms with Crippen LogP contribution in [0, 0.1) is 11.8 Å². The lowest BCUT2D eigenvalue weighted by molar-refractivity contribution is 0.156. The van der Waals surface area contributed by atoms with Gasteiger partial charge in [-0.1, -0.05) is 12.2 Å². The molecule has 0 saturated carbocycles. The molecule has 3 atom stereocenters. The van der Waals surface area contributed by atoms with Crippen LogP contribution in [0.15, 0.2) is 12.2 Å². The van der Waals surface area contributed by atoms with Gasteiger partial charge in [-0.05, 0) is 31.7 Å². The van der Waals surface area contributed by atoms with Gasteiger partial charge in [-0.2, -0.15) is 0 Å². The molecule has 0 aromatic carbocycles. The molecule has 1 aliphatic carbocycles. The molecule has 0 aromatic heterocycles. The van der Waals surface area contributed by atoms with E-state index in [9.17, 15) is 0 Å². The highest BCUT2D eigenvalue weighted by Crippen LogP contribution is 2.29. The Kier molecular flexibility index (Phi) is 2.47. The second-order valence-corrected chi connectivity index (χ2v) is 3.89. The fraction of sp³-hybridized carbons (Fsp3) is 0.800. The van der Waals surface area contributed by atoms with E-state index in [0.717, 1.165) is 12.5 Å². The average Bonchev–Trinajstić information content (AvgIpc) is 2.17. The lowest BCUT2D eigenvalue weighted by atomic mass is 9.77. The Morgan fingerprint density at radius 3 is 3.25 bits per heavy atom. The molecule has 3 unspecified atom stereocenters. The first-order chi connectivity index (χ1) is 5.92. The normalized spacial score (nSPS) is 40.9. The molecule has 0 aromatic rings. The fourth-order valence-corrected chi connectivity index (χ4v) is 2.47. The zero-order chi connectivity index (χ0) is 8.39. The van der Waals surface area contributed by atoms with Gasteiger partial charge in [0.25, 0.3) is 0 Å². The monoisotopic (exact) mass is 167 g/mol. The summed E-state index contributed by atoms with van der Waals surface area (Å²) in [6.45, 7) is 1.43. The summed E-state index contributed by atoms with van der Waals surface area (Å²) in [4.78, 5) is 0. The van der Waals surface area contributed by atoms with Gasteiger partial charge in [0.2, 0.25) is 0 Å². The van der Waals surface area contributed by atoms with E-state index < -0.39 is 0 Å². The molecule has 0 amide bonds. The molecule has 12 heavy (non-hydrogen) atoms. The standard InChI is InChI=1S/C10H17NO/c12-7-9-4-1-3-8-5-2-6-11-10(8)9/h1,4,8-12H,2-3,5-7H2. The zero-order valence-corrected chi connectivity index (χ0v) is 7.37. The highest BCUT2D eigenvalue weighted by atomic mass is 16.3. The predicted octanol–water partition coefficient (Wildman–Crippen LogP) is 0.923. The first-order valence-electron chi connectivity index (χ1n) is 4.92. The molecule has 2 N–H and O–H groups in total. The summed E-state index contributed by atoms with van der Waals surface area (Å²) in [6.07, 6.45) is 8.23. The topological polar surface area (TPSA) is 32.3 Å².